The molecule has 1 aliphatic rings. The predicted octanol–water partition coefficient (Wildman–Crippen LogP) is 4.01. The summed E-state index contributed by atoms with van der Waals surface area (Å²) in [5.41, 5.74) is 3.25. The molecule has 0 radical (unpaired) electrons. The highest BCUT2D eigenvalue weighted by Gasteiger charge is 2.26. The maximum absolute atomic E-state index is 12.8. The molecular formula is C23H22N4O2. The normalized spacial score (nSPS) is 16.4. The minimum Gasteiger partial charge on any atom is -0.339 e. The van der Waals surface area contributed by atoms with Crippen molar-refractivity contribution in [3.63, 3.8) is 0 Å². The number of rotatable bonds is 4. The number of aryl methyl sites for hydroxylation is 1. The number of nitrogens with zero attached hydrogens (tertiary/aromatic N) is 4. The molecule has 1 fully saturated rings. The molecule has 1 saturated heterocycles. The van der Waals surface area contributed by atoms with Crippen LogP contribution in [0.25, 0.3) is 11.4 Å². The standard InChI is InChI=1S/C23H22N4O2/c1-16-5-2-3-7-20(16)22-25-21(29-26-22)13-18-6-4-12-27(15-18)23(28)19-10-8-17(14-24)9-11-19/h2-3,5,7-11,18H,4,6,12-13,15H2,1H3. The fourth-order valence-corrected chi connectivity index (χ4v) is 3.80. The lowest BCUT2D eigenvalue weighted by atomic mass is 9.94. The van der Waals surface area contributed by atoms with Crippen LogP contribution in [0.5, 0.6) is 0 Å². The van der Waals surface area contributed by atoms with Crippen LogP contribution in [0.15, 0.2) is 53.1 Å². The van der Waals surface area contributed by atoms with Crippen molar-refractivity contribution in [2.24, 2.45) is 5.92 Å². The Bertz CT molecular complexity index is 1050. The van der Waals surface area contributed by atoms with E-state index >= 15 is 0 Å². The van der Waals surface area contributed by atoms with Gasteiger partial charge in [0.05, 0.1) is 11.6 Å². The first-order chi connectivity index (χ1) is 14.1. The summed E-state index contributed by atoms with van der Waals surface area (Å²) in [5.74, 6) is 1.52. The first kappa shape index (κ1) is 18.9. The van der Waals surface area contributed by atoms with Crippen molar-refractivity contribution in [3.8, 4) is 17.5 Å². The Morgan fingerprint density at radius 2 is 2.03 bits per heavy atom. The quantitative estimate of drug-likeness (QED) is 0.676. The highest BCUT2D eigenvalue weighted by atomic mass is 16.5. The third kappa shape index (κ3) is 4.19. The van der Waals surface area contributed by atoms with Crippen LogP contribution in [0.3, 0.4) is 0 Å². The second kappa shape index (κ2) is 8.27. The van der Waals surface area contributed by atoms with E-state index in [9.17, 15) is 4.79 Å². The van der Waals surface area contributed by atoms with Crippen LogP contribution >= 0.6 is 0 Å². The number of carbonyl (C=O) groups excluding carboxylic acids is 1. The molecule has 1 amide bonds. The van der Waals surface area contributed by atoms with Gasteiger partial charge in [-0.3, -0.25) is 4.79 Å². The Morgan fingerprint density at radius 3 is 2.79 bits per heavy atom. The van der Waals surface area contributed by atoms with Gasteiger partial charge < -0.3 is 9.42 Å². The molecule has 1 unspecified atom stereocenters. The third-order valence-corrected chi connectivity index (χ3v) is 5.38. The van der Waals surface area contributed by atoms with Gasteiger partial charge in [-0.05, 0) is 55.5 Å². The van der Waals surface area contributed by atoms with E-state index in [4.69, 9.17) is 9.78 Å². The molecule has 2 heterocycles. The van der Waals surface area contributed by atoms with Crippen LogP contribution in [0.1, 0.15) is 40.2 Å². The highest BCUT2D eigenvalue weighted by molar-refractivity contribution is 5.94. The molecule has 2 aromatic carbocycles. The van der Waals surface area contributed by atoms with Crippen LogP contribution in [0, 0.1) is 24.2 Å². The van der Waals surface area contributed by atoms with Crippen molar-refractivity contribution in [1.29, 1.82) is 5.26 Å². The number of benzene rings is 2. The monoisotopic (exact) mass is 386 g/mol. The maximum Gasteiger partial charge on any atom is 0.253 e. The van der Waals surface area contributed by atoms with Crippen LogP contribution in [-0.2, 0) is 6.42 Å². The summed E-state index contributed by atoms with van der Waals surface area (Å²) in [6.07, 6.45) is 2.64. The molecule has 1 atom stereocenters. The van der Waals surface area contributed by atoms with Gasteiger partial charge in [-0.15, -0.1) is 0 Å². The van der Waals surface area contributed by atoms with Gasteiger partial charge in [0.15, 0.2) is 0 Å². The summed E-state index contributed by atoms with van der Waals surface area (Å²) in [7, 11) is 0. The molecule has 29 heavy (non-hydrogen) atoms. The van der Waals surface area contributed by atoms with Crippen LogP contribution in [-0.4, -0.2) is 34.0 Å². The van der Waals surface area contributed by atoms with E-state index in [-0.39, 0.29) is 11.8 Å². The fraction of sp³-hybridized carbons (Fsp3) is 0.304. The van der Waals surface area contributed by atoms with E-state index < -0.39 is 0 Å². The van der Waals surface area contributed by atoms with Crippen molar-refractivity contribution in [2.45, 2.75) is 26.2 Å². The van der Waals surface area contributed by atoms with Crippen molar-refractivity contribution < 1.29 is 9.32 Å². The fourth-order valence-electron chi connectivity index (χ4n) is 3.80. The Morgan fingerprint density at radius 1 is 1.24 bits per heavy atom. The lowest BCUT2D eigenvalue weighted by Crippen LogP contribution is -2.40. The minimum absolute atomic E-state index is 0.00492. The number of aromatic nitrogens is 2. The Kier molecular flexibility index (Phi) is 5.39. The lowest BCUT2D eigenvalue weighted by Gasteiger charge is -2.32. The van der Waals surface area contributed by atoms with E-state index in [1.54, 1.807) is 24.3 Å². The zero-order valence-corrected chi connectivity index (χ0v) is 16.3. The van der Waals surface area contributed by atoms with Crippen molar-refractivity contribution in [1.82, 2.24) is 15.0 Å². The second-order valence-electron chi connectivity index (χ2n) is 7.48. The van der Waals surface area contributed by atoms with Crippen LogP contribution < -0.4 is 0 Å². The average Bonchev–Trinajstić information content (AvgIpc) is 3.22. The number of likely N-dealkylation sites (tertiary alicyclic amines) is 1. The van der Waals surface area contributed by atoms with Gasteiger partial charge in [-0.2, -0.15) is 10.2 Å². The van der Waals surface area contributed by atoms with E-state index in [0.29, 0.717) is 35.8 Å². The van der Waals surface area contributed by atoms with Gasteiger partial charge in [0.25, 0.3) is 5.91 Å². The number of nitriles is 1. The highest BCUT2D eigenvalue weighted by Crippen LogP contribution is 2.24. The molecule has 4 rings (SSSR count). The van der Waals surface area contributed by atoms with Crippen molar-refractivity contribution in [2.75, 3.05) is 13.1 Å². The number of carbonyl (C=O) groups is 1. The number of piperidine rings is 1. The Balaban J connectivity index is 1.42. The molecule has 146 valence electrons. The van der Waals surface area contributed by atoms with Crippen molar-refractivity contribution >= 4 is 5.91 Å². The molecular weight excluding hydrogens is 364 g/mol. The zero-order valence-electron chi connectivity index (χ0n) is 16.3. The first-order valence-electron chi connectivity index (χ1n) is 9.82. The van der Waals surface area contributed by atoms with Gasteiger partial charge in [0.1, 0.15) is 0 Å². The van der Waals surface area contributed by atoms with Gasteiger partial charge in [0, 0.05) is 30.6 Å². The van der Waals surface area contributed by atoms with E-state index in [1.165, 1.54) is 0 Å². The summed E-state index contributed by atoms with van der Waals surface area (Å²) < 4.78 is 5.49. The molecule has 0 N–H and O–H groups in total. The zero-order chi connectivity index (χ0) is 20.2. The smallest absolute Gasteiger partial charge is 0.253 e. The van der Waals surface area contributed by atoms with Crippen LogP contribution in [0.4, 0.5) is 0 Å². The summed E-state index contributed by atoms with van der Waals surface area (Å²) in [5, 5.41) is 13.1. The predicted molar refractivity (Wildman–Crippen MR) is 108 cm³/mol. The van der Waals surface area contributed by atoms with Gasteiger partial charge in [-0.1, -0.05) is 29.4 Å². The Labute approximate surface area is 169 Å². The van der Waals surface area contributed by atoms with E-state index in [2.05, 4.69) is 16.2 Å². The molecule has 3 aromatic rings. The molecule has 0 spiro atoms. The lowest BCUT2D eigenvalue weighted by molar-refractivity contribution is 0.0668. The number of hydrogen-bond acceptors (Lipinski definition) is 5. The topological polar surface area (TPSA) is 83.0 Å². The molecule has 0 bridgehead atoms. The summed E-state index contributed by atoms with van der Waals surface area (Å²) in [6, 6.07) is 16.8. The van der Waals surface area contributed by atoms with E-state index in [1.807, 2.05) is 36.1 Å². The second-order valence-corrected chi connectivity index (χ2v) is 7.48. The molecule has 6 nitrogen and oxygen atoms in total. The third-order valence-electron chi connectivity index (χ3n) is 5.38. The van der Waals surface area contributed by atoms with Gasteiger partial charge in [0.2, 0.25) is 11.7 Å². The van der Waals surface area contributed by atoms with Gasteiger partial charge in [-0.25, -0.2) is 0 Å². The van der Waals surface area contributed by atoms with Crippen molar-refractivity contribution in [3.05, 3.63) is 71.1 Å². The Hall–Kier alpha value is -3.46. The first-order valence-corrected chi connectivity index (χ1v) is 9.82. The minimum atomic E-state index is 0.00492. The summed E-state index contributed by atoms with van der Waals surface area (Å²) in [6.45, 7) is 3.44. The molecule has 0 aliphatic carbocycles. The van der Waals surface area contributed by atoms with Gasteiger partial charge >= 0.3 is 0 Å². The molecule has 0 saturated carbocycles. The van der Waals surface area contributed by atoms with E-state index in [0.717, 1.165) is 30.5 Å². The molecule has 1 aromatic heterocycles. The average molecular weight is 386 g/mol. The number of amides is 1. The molecule has 1 aliphatic heterocycles. The maximum atomic E-state index is 12.8. The molecule has 6 heteroatoms. The largest absolute Gasteiger partial charge is 0.339 e. The number of hydrogen-bond donors (Lipinski definition) is 0. The summed E-state index contributed by atoms with van der Waals surface area (Å²) in [4.78, 5) is 19.3. The summed E-state index contributed by atoms with van der Waals surface area (Å²) >= 11 is 0. The van der Waals surface area contributed by atoms with Crippen LogP contribution in [0.2, 0.25) is 0 Å². The SMILES string of the molecule is Cc1ccccc1-c1noc(CC2CCCN(C(=O)c3ccc(C#N)cc3)C2)n1.